The number of nitrogens with zero attached hydrogens (tertiary/aromatic N) is 1. The molecule has 3 nitrogen and oxygen atoms in total. The lowest BCUT2D eigenvalue weighted by atomic mass is 10.1. The number of hydrogen-bond acceptors (Lipinski definition) is 3. The molecule has 1 fully saturated rings. The second-order valence-corrected chi connectivity index (χ2v) is 4.37. The van der Waals surface area contributed by atoms with E-state index in [-0.39, 0.29) is 6.61 Å². The van der Waals surface area contributed by atoms with Gasteiger partial charge in [-0.15, -0.1) is 0 Å². The second kappa shape index (κ2) is 4.85. The van der Waals surface area contributed by atoms with E-state index >= 15 is 0 Å². The first-order valence-electron chi connectivity index (χ1n) is 5.76. The Labute approximate surface area is 96.6 Å². The van der Waals surface area contributed by atoms with Gasteiger partial charge in [0.15, 0.2) is 0 Å². The Morgan fingerprint density at radius 1 is 1.38 bits per heavy atom. The van der Waals surface area contributed by atoms with Gasteiger partial charge in [0.05, 0.1) is 18.8 Å². The molecule has 1 aliphatic rings. The summed E-state index contributed by atoms with van der Waals surface area (Å²) < 4.78 is 5.57. The average molecular weight is 221 g/mol. The Bertz CT molecular complexity index is 336. The maximum absolute atomic E-state index is 8.99. The number of aliphatic hydroxyl groups excluding tert-OH is 1. The lowest BCUT2D eigenvalue weighted by Gasteiger charge is -2.28. The van der Waals surface area contributed by atoms with E-state index in [1.54, 1.807) is 0 Å². The third-order valence-corrected chi connectivity index (χ3v) is 3.36. The van der Waals surface area contributed by atoms with E-state index in [0.29, 0.717) is 12.1 Å². The molecule has 1 heterocycles. The van der Waals surface area contributed by atoms with Gasteiger partial charge in [-0.3, -0.25) is 0 Å². The number of benzene rings is 1. The fourth-order valence-electron chi connectivity index (χ4n) is 2.26. The number of rotatable bonds is 3. The molecule has 1 aliphatic heterocycles. The van der Waals surface area contributed by atoms with Crippen molar-refractivity contribution in [3.63, 3.8) is 0 Å². The van der Waals surface area contributed by atoms with Crippen LogP contribution in [0.15, 0.2) is 24.3 Å². The molecular formula is C13H19NO2. The van der Waals surface area contributed by atoms with Crippen LogP contribution in [0.25, 0.3) is 0 Å². The molecule has 0 saturated carbocycles. The highest BCUT2D eigenvalue weighted by atomic mass is 16.5. The van der Waals surface area contributed by atoms with Gasteiger partial charge >= 0.3 is 0 Å². The van der Waals surface area contributed by atoms with Crippen molar-refractivity contribution in [1.82, 2.24) is 0 Å². The number of aliphatic hydroxyl groups is 1. The topological polar surface area (TPSA) is 32.7 Å². The summed E-state index contributed by atoms with van der Waals surface area (Å²) >= 11 is 0. The molecule has 3 heteroatoms. The summed E-state index contributed by atoms with van der Waals surface area (Å²) in [6, 6.07) is 8.49. The number of ether oxygens (including phenoxy) is 1. The maximum Gasteiger partial charge on any atom is 0.0750 e. The van der Waals surface area contributed by atoms with Crippen molar-refractivity contribution in [3.8, 4) is 0 Å². The quantitative estimate of drug-likeness (QED) is 0.844. The highest BCUT2D eigenvalue weighted by Gasteiger charge is 2.27. The van der Waals surface area contributed by atoms with E-state index in [1.165, 1.54) is 5.69 Å². The molecule has 2 unspecified atom stereocenters. The van der Waals surface area contributed by atoms with Crippen molar-refractivity contribution in [1.29, 1.82) is 0 Å². The maximum atomic E-state index is 8.99. The van der Waals surface area contributed by atoms with Gasteiger partial charge in [-0.25, -0.2) is 0 Å². The van der Waals surface area contributed by atoms with Gasteiger partial charge < -0.3 is 14.7 Å². The smallest absolute Gasteiger partial charge is 0.0750 e. The molecule has 16 heavy (non-hydrogen) atoms. The first kappa shape index (κ1) is 11.4. The van der Waals surface area contributed by atoms with Crippen LogP contribution in [0.2, 0.25) is 0 Å². The van der Waals surface area contributed by atoms with Crippen LogP contribution in [0, 0.1) is 0 Å². The van der Waals surface area contributed by atoms with Gasteiger partial charge in [-0.1, -0.05) is 12.1 Å². The molecule has 0 aromatic heterocycles. The van der Waals surface area contributed by atoms with E-state index in [0.717, 1.165) is 18.6 Å². The summed E-state index contributed by atoms with van der Waals surface area (Å²) in [5.41, 5.74) is 2.13. The lowest BCUT2D eigenvalue weighted by molar-refractivity contribution is 0.118. The summed E-state index contributed by atoms with van der Waals surface area (Å²) in [4.78, 5) is 2.26. The van der Waals surface area contributed by atoms with Crippen LogP contribution in [0.3, 0.4) is 0 Å². The van der Waals surface area contributed by atoms with Gasteiger partial charge in [-0.05, 0) is 31.0 Å². The minimum absolute atomic E-state index is 0.104. The van der Waals surface area contributed by atoms with Gasteiger partial charge in [0.25, 0.3) is 0 Å². The minimum Gasteiger partial charge on any atom is -0.392 e. The van der Waals surface area contributed by atoms with E-state index in [9.17, 15) is 0 Å². The van der Waals surface area contributed by atoms with Crippen LogP contribution in [0.1, 0.15) is 18.9 Å². The zero-order valence-corrected chi connectivity index (χ0v) is 9.89. The zero-order chi connectivity index (χ0) is 11.5. The molecule has 0 spiro atoms. The first-order valence-corrected chi connectivity index (χ1v) is 5.76. The molecule has 0 aliphatic carbocycles. The third kappa shape index (κ3) is 2.20. The zero-order valence-electron chi connectivity index (χ0n) is 9.89. The highest BCUT2D eigenvalue weighted by Crippen LogP contribution is 2.24. The van der Waals surface area contributed by atoms with E-state index in [2.05, 4.69) is 31.0 Å². The van der Waals surface area contributed by atoms with Gasteiger partial charge in [0.1, 0.15) is 0 Å². The Balaban J connectivity index is 2.10. The van der Waals surface area contributed by atoms with Crippen molar-refractivity contribution in [3.05, 3.63) is 29.8 Å². The van der Waals surface area contributed by atoms with Crippen molar-refractivity contribution in [2.45, 2.75) is 32.1 Å². The van der Waals surface area contributed by atoms with Crippen LogP contribution < -0.4 is 4.90 Å². The molecule has 0 radical (unpaired) electrons. The molecule has 88 valence electrons. The Kier molecular flexibility index (Phi) is 3.46. The van der Waals surface area contributed by atoms with Gasteiger partial charge in [0.2, 0.25) is 0 Å². The molecule has 2 atom stereocenters. The SMILES string of the molecule is CC1OCCC1N(C)c1ccc(CO)cc1. The Morgan fingerprint density at radius 2 is 2.06 bits per heavy atom. The lowest BCUT2D eigenvalue weighted by Crippen LogP contribution is -2.36. The number of hydrogen-bond donors (Lipinski definition) is 1. The van der Waals surface area contributed by atoms with Crippen LogP contribution in [0.4, 0.5) is 5.69 Å². The van der Waals surface area contributed by atoms with Crippen molar-refractivity contribution >= 4 is 5.69 Å². The molecule has 2 rings (SSSR count). The van der Waals surface area contributed by atoms with Gasteiger partial charge in [-0.2, -0.15) is 0 Å². The van der Waals surface area contributed by atoms with Crippen LogP contribution >= 0.6 is 0 Å². The van der Waals surface area contributed by atoms with E-state index in [1.807, 2.05) is 12.1 Å². The number of likely N-dealkylation sites (N-methyl/N-ethyl adjacent to an activating group) is 1. The minimum atomic E-state index is 0.104. The van der Waals surface area contributed by atoms with Crippen LogP contribution in [0.5, 0.6) is 0 Å². The summed E-state index contributed by atoms with van der Waals surface area (Å²) in [6.45, 7) is 3.08. The molecule has 1 saturated heterocycles. The summed E-state index contributed by atoms with van der Waals surface area (Å²) in [6.07, 6.45) is 1.38. The molecule has 0 bridgehead atoms. The van der Waals surface area contributed by atoms with E-state index in [4.69, 9.17) is 9.84 Å². The molecule has 1 aromatic carbocycles. The van der Waals surface area contributed by atoms with Crippen molar-refractivity contribution < 1.29 is 9.84 Å². The van der Waals surface area contributed by atoms with Crippen molar-refractivity contribution in [2.75, 3.05) is 18.6 Å². The second-order valence-electron chi connectivity index (χ2n) is 4.37. The average Bonchev–Trinajstić information content (AvgIpc) is 2.75. The fourth-order valence-corrected chi connectivity index (χ4v) is 2.26. The largest absolute Gasteiger partial charge is 0.392 e. The number of anilines is 1. The third-order valence-electron chi connectivity index (χ3n) is 3.36. The fraction of sp³-hybridized carbons (Fsp3) is 0.538. The molecule has 1 N–H and O–H groups in total. The monoisotopic (exact) mass is 221 g/mol. The first-order chi connectivity index (χ1) is 7.72. The van der Waals surface area contributed by atoms with Gasteiger partial charge in [0, 0.05) is 19.3 Å². The normalized spacial score (nSPS) is 24.7. The molecule has 1 aromatic rings. The molecular weight excluding hydrogens is 202 g/mol. The predicted molar refractivity (Wildman–Crippen MR) is 64.6 cm³/mol. The predicted octanol–water partition coefficient (Wildman–Crippen LogP) is 1.79. The summed E-state index contributed by atoms with van der Waals surface area (Å²) in [7, 11) is 2.10. The summed E-state index contributed by atoms with van der Waals surface area (Å²) in [5.74, 6) is 0. The van der Waals surface area contributed by atoms with Crippen LogP contribution in [-0.4, -0.2) is 30.9 Å². The van der Waals surface area contributed by atoms with E-state index < -0.39 is 0 Å². The highest BCUT2D eigenvalue weighted by molar-refractivity contribution is 5.48. The molecule has 0 amide bonds. The standard InChI is InChI=1S/C13H19NO2/c1-10-13(7-8-16-10)14(2)12-5-3-11(9-15)4-6-12/h3-6,10,13,15H,7-9H2,1-2H3. The summed E-state index contributed by atoms with van der Waals surface area (Å²) in [5, 5.41) is 8.99. The Hall–Kier alpha value is -1.06. The van der Waals surface area contributed by atoms with Crippen LogP contribution in [-0.2, 0) is 11.3 Å². The Morgan fingerprint density at radius 3 is 2.56 bits per heavy atom. The van der Waals surface area contributed by atoms with Crippen molar-refractivity contribution in [2.24, 2.45) is 0 Å².